The average molecular weight is 359 g/mol. The van der Waals surface area contributed by atoms with Crippen LogP contribution in [0.2, 0.25) is 0 Å². The van der Waals surface area contributed by atoms with Crippen molar-refractivity contribution < 1.29 is 19.1 Å². The van der Waals surface area contributed by atoms with Gasteiger partial charge < -0.3 is 24.6 Å². The van der Waals surface area contributed by atoms with E-state index >= 15 is 0 Å². The highest BCUT2D eigenvalue weighted by Gasteiger charge is 2.50. The number of rotatable bonds is 4. The fraction of sp³-hybridized carbons (Fsp3) is 0.579. The quantitative estimate of drug-likeness (QED) is 0.878. The number of carbonyl (C=O) groups is 2. The number of para-hydroxylation sites is 1. The lowest BCUT2D eigenvalue weighted by atomic mass is 9.84. The lowest BCUT2D eigenvalue weighted by Gasteiger charge is -2.49. The Bertz CT molecular complexity index is 660. The van der Waals surface area contributed by atoms with E-state index in [1.54, 1.807) is 4.90 Å². The molecular weight excluding hydrogens is 334 g/mol. The lowest BCUT2D eigenvalue weighted by molar-refractivity contribution is -0.132. The van der Waals surface area contributed by atoms with Gasteiger partial charge in [-0.1, -0.05) is 18.2 Å². The lowest BCUT2D eigenvalue weighted by Crippen LogP contribution is -2.65. The second-order valence-corrected chi connectivity index (χ2v) is 7.31. The Morgan fingerprint density at radius 2 is 2.08 bits per heavy atom. The molecule has 3 aliphatic rings. The van der Waals surface area contributed by atoms with Gasteiger partial charge in [-0.25, -0.2) is 4.79 Å². The third kappa shape index (κ3) is 3.35. The molecule has 0 radical (unpaired) electrons. The molecule has 7 nitrogen and oxygen atoms in total. The van der Waals surface area contributed by atoms with Crippen LogP contribution in [0.3, 0.4) is 0 Å². The predicted molar refractivity (Wildman–Crippen MR) is 94.9 cm³/mol. The van der Waals surface area contributed by atoms with E-state index < -0.39 is 0 Å². The van der Waals surface area contributed by atoms with E-state index in [2.05, 4.69) is 5.32 Å². The summed E-state index contributed by atoms with van der Waals surface area (Å²) in [5.41, 5.74) is -0.0816. The molecule has 4 rings (SSSR count). The summed E-state index contributed by atoms with van der Waals surface area (Å²) in [6, 6.07) is 9.29. The molecule has 0 bridgehead atoms. The molecule has 0 aromatic heterocycles. The van der Waals surface area contributed by atoms with Gasteiger partial charge in [0.15, 0.2) is 6.61 Å². The highest BCUT2D eigenvalue weighted by Crippen LogP contribution is 2.37. The number of urea groups is 1. The SMILES string of the molecule is O=C(COc1ccccc1)N1CCC(NC(=O)N2CCC23CCOC3)C1. The number of hydrogen-bond donors (Lipinski definition) is 1. The smallest absolute Gasteiger partial charge is 0.318 e. The monoisotopic (exact) mass is 359 g/mol. The Kier molecular flexibility index (Phi) is 4.72. The van der Waals surface area contributed by atoms with Crippen molar-refractivity contribution in [1.29, 1.82) is 0 Å². The van der Waals surface area contributed by atoms with E-state index in [0.717, 1.165) is 32.4 Å². The summed E-state index contributed by atoms with van der Waals surface area (Å²) in [6.45, 7) is 3.38. The van der Waals surface area contributed by atoms with Gasteiger partial charge in [-0.3, -0.25) is 4.79 Å². The molecule has 2 atom stereocenters. The molecule has 3 saturated heterocycles. The van der Waals surface area contributed by atoms with Gasteiger partial charge >= 0.3 is 6.03 Å². The van der Waals surface area contributed by atoms with Crippen LogP contribution in [-0.2, 0) is 9.53 Å². The van der Waals surface area contributed by atoms with E-state index in [9.17, 15) is 9.59 Å². The Morgan fingerprint density at radius 1 is 1.23 bits per heavy atom. The first-order valence-electron chi connectivity index (χ1n) is 9.28. The van der Waals surface area contributed by atoms with Crippen LogP contribution in [0.5, 0.6) is 5.75 Å². The zero-order valence-electron chi connectivity index (χ0n) is 14.9. The Labute approximate surface area is 153 Å². The third-order valence-corrected chi connectivity index (χ3v) is 5.68. The van der Waals surface area contributed by atoms with Crippen LogP contribution in [0.4, 0.5) is 4.79 Å². The second kappa shape index (κ2) is 7.15. The van der Waals surface area contributed by atoms with Crippen molar-refractivity contribution in [2.24, 2.45) is 0 Å². The van der Waals surface area contributed by atoms with Crippen LogP contribution in [0, 0.1) is 0 Å². The van der Waals surface area contributed by atoms with Crippen molar-refractivity contribution in [2.45, 2.75) is 30.8 Å². The van der Waals surface area contributed by atoms with Gasteiger partial charge in [0.05, 0.1) is 12.1 Å². The zero-order chi connectivity index (χ0) is 18.0. The van der Waals surface area contributed by atoms with Gasteiger partial charge in [-0.2, -0.15) is 0 Å². The highest BCUT2D eigenvalue weighted by molar-refractivity contribution is 5.79. The van der Waals surface area contributed by atoms with E-state index in [0.29, 0.717) is 25.4 Å². The summed E-state index contributed by atoms with van der Waals surface area (Å²) in [5, 5.41) is 3.09. The summed E-state index contributed by atoms with van der Waals surface area (Å²) in [5.74, 6) is 0.641. The molecule has 140 valence electrons. The number of nitrogens with zero attached hydrogens (tertiary/aromatic N) is 2. The maximum absolute atomic E-state index is 12.6. The molecule has 7 heteroatoms. The first kappa shape index (κ1) is 17.1. The topological polar surface area (TPSA) is 71.1 Å². The van der Waals surface area contributed by atoms with Gasteiger partial charge in [-0.05, 0) is 31.4 Å². The maximum Gasteiger partial charge on any atom is 0.318 e. The predicted octanol–water partition coefficient (Wildman–Crippen LogP) is 1.24. The van der Waals surface area contributed by atoms with E-state index in [1.807, 2.05) is 35.2 Å². The molecule has 26 heavy (non-hydrogen) atoms. The standard InChI is InChI=1S/C19H25N3O4/c23-17(13-26-16-4-2-1-3-5-16)21-9-6-15(12-21)20-18(24)22-10-7-19(22)8-11-25-14-19/h1-5,15H,6-14H2,(H,20,24). The number of ether oxygens (including phenoxy) is 2. The highest BCUT2D eigenvalue weighted by atomic mass is 16.5. The van der Waals surface area contributed by atoms with E-state index in [-0.39, 0.29) is 30.1 Å². The van der Waals surface area contributed by atoms with Crippen molar-refractivity contribution in [2.75, 3.05) is 39.5 Å². The largest absolute Gasteiger partial charge is 0.484 e. The van der Waals surface area contributed by atoms with Gasteiger partial charge in [0.2, 0.25) is 0 Å². The van der Waals surface area contributed by atoms with Crippen molar-refractivity contribution in [1.82, 2.24) is 15.1 Å². The fourth-order valence-corrected chi connectivity index (χ4v) is 3.97. The molecule has 3 aliphatic heterocycles. The Morgan fingerprint density at radius 3 is 2.77 bits per heavy atom. The minimum Gasteiger partial charge on any atom is -0.484 e. The Balaban J connectivity index is 1.23. The molecule has 0 saturated carbocycles. The molecule has 1 aromatic carbocycles. The van der Waals surface area contributed by atoms with Gasteiger partial charge in [0.25, 0.3) is 5.91 Å². The molecule has 1 N–H and O–H groups in total. The van der Waals surface area contributed by atoms with E-state index in [4.69, 9.17) is 9.47 Å². The Hall–Kier alpha value is -2.28. The third-order valence-electron chi connectivity index (χ3n) is 5.68. The zero-order valence-corrected chi connectivity index (χ0v) is 14.9. The van der Waals surface area contributed by atoms with Crippen LogP contribution in [0.25, 0.3) is 0 Å². The summed E-state index contributed by atoms with van der Waals surface area (Å²) < 4.78 is 11.0. The van der Waals surface area contributed by atoms with Crippen molar-refractivity contribution in [3.8, 4) is 5.75 Å². The summed E-state index contributed by atoms with van der Waals surface area (Å²) >= 11 is 0. The van der Waals surface area contributed by atoms with Crippen molar-refractivity contribution >= 4 is 11.9 Å². The van der Waals surface area contributed by atoms with Crippen molar-refractivity contribution in [3.05, 3.63) is 30.3 Å². The normalized spacial score (nSPS) is 27.5. The van der Waals surface area contributed by atoms with Gasteiger partial charge in [0, 0.05) is 32.3 Å². The summed E-state index contributed by atoms with van der Waals surface area (Å²) in [6.07, 6.45) is 2.72. The molecule has 1 spiro atoms. The average Bonchev–Trinajstić information content (AvgIpc) is 3.30. The first-order chi connectivity index (χ1) is 12.7. The molecule has 0 aliphatic carbocycles. The minimum absolute atomic E-state index is 0.00291. The number of benzene rings is 1. The number of carbonyl (C=O) groups excluding carboxylic acids is 2. The van der Waals surface area contributed by atoms with Crippen molar-refractivity contribution in [3.63, 3.8) is 0 Å². The maximum atomic E-state index is 12.6. The number of nitrogens with one attached hydrogen (secondary N) is 1. The molecule has 1 aromatic rings. The van der Waals surface area contributed by atoms with Crippen LogP contribution in [0.15, 0.2) is 30.3 Å². The minimum atomic E-state index is -0.0816. The summed E-state index contributed by atoms with van der Waals surface area (Å²) in [7, 11) is 0. The number of likely N-dealkylation sites (tertiary alicyclic amines) is 2. The molecular formula is C19H25N3O4. The fourth-order valence-electron chi connectivity index (χ4n) is 3.97. The number of hydrogen-bond acceptors (Lipinski definition) is 4. The van der Waals surface area contributed by atoms with Crippen LogP contribution >= 0.6 is 0 Å². The van der Waals surface area contributed by atoms with Crippen LogP contribution in [0.1, 0.15) is 19.3 Å². The van der Waals surface area contributed by atoms with E-state index in [1.165, 1.54) is 0 Å². The van der Waals surface area contributed by atoms with Crippen LogP contribution in [-0.4, -0.2) is 72.8 Å². The second-order valence-electron chi connectivity index (χ2n) is 7.31. The summed E-state index contributed by atoms with van der Waals surface area (Å²) in [4.78, 5) is 28.5. The number of amides is 3. The molecule has 2 unspecified atom stereocenters. The first-order valence-corrected chi connectivity index (χ1v) is 9.28. The van der Waals surface area contributed by atoms with Gasteiger partial charge in [-0.15, -0.1) is 0 Å². The van der Waals surface area contributed by atoms with Crippen LogP contribution < -0.4 is 10.1 Å². The molecule has 3 heterocycles. The molecule has 3 fully saturated rings. The van der Waals surface area contributed by atoms with Gasteiger partial charge in [0.1, 0.15) is 5.75 Å². The molecule has 3 amide bonds.